The molecule has 6 rings (SSSR count). The van der Waals surface area contributed by atoms with Crippen molar-refractivity contribution in [2.24, 2.45) is 11.8 Å². The molecule has 27 heavy (non-hydrogen) atoms. The lowest BCUT2D eigenvalue weighted by Gasteiger charge is -2.57. The van der Waals surface area contributed by atoms with Crippen molar-refractivity contribution in [3.8, 4) is 0 Å². The minimum atomic E-state index is -0.468. The maximum atomic E-state index is 13.6. The lowest BCUT2D eigenvalue weighted by Crippen LogP contribution is -2.59. The molecule has 0 saturated carbocycles. The first-order chi connectivity index (χ1) is 13.1. The molecule has 2 unspecified atom stereocenters. The molecule has 1 heterocycles. The lowest BCUT2D eigenvalue weighted by molar-refractivity contribution is -0.134. The summed E-state index contributed by atoms with van der Waals surface area (Å²) in [5, 5.41) is 0. The first kappa shape index (κ1) is 16.8. The van der Waals surface area contributed by atoms with Gasteiger partial charge in [0.2, 0.25) is 5.91 Å². The number of carbonyl (C=O) groups excluding carboxylic acids is 1. The maximum Gasteiger partial charge on any atom is 0.227 e. The highest BCUT2D eigenvalue weighted by molar-refractivity contribution is 5.88. The number of rotatable bonds is 3. The molecule has 1 amide bonds. The van der Waals surface area contributed by atoms with E-state index in [0.717, 1.165) is 0 Å². The number of carbonyl (C=O) groups is 1. The minimum Gasteiger partial charge on any atom is -0.380 e. The zero-order chi connectivity index (χ0) is 18.9. The molecule has 0 radical (unpaired) electrons. The van der Waals surface area contributed by atoms with Gasteiger partial charge in [0.15, 0.2) is 0 Å². The van der Waals surface area contributed by atoms with Crippen molar-refractivity contribution in [2.45, 2.75) is 30.4 Å². The molecular weight excluding hydrogens is 334 g/mol. The Morgan fingerprint density at radius 3 is 2.19 bits per heavy atom. The van der Waals surface area contributed by atoms with E-state index in [2.05, 4.69) is 62.0 Å². The Kier molecular flexibility index (Phi) is 3.45. The van der Waals surface area contributed by atoms with E-state index in [-0.39, 0.29) is 35.8 Å². The summed E-state index contributed by atoms with van der Waals surface area (Å²) in [6, 6.07) is 17.4. The van der Waals surface area contributed by atoms with Crippen LogP contribution in [-0.2, 0) is 14.9 Å². The van der Waals surface area contributed by atoms with E-state index >= 15 is 0 Å². The fraction of sp³-hybridized carbons (Fsp3) is 0.375. The Labute approximate surface area is 160 Å². The van der Waals surface area contributed by atoms with Gasteiger partial charge in [0, 0.05) is 26.0 Å². The van der Waals surface area contributed by atoms with Gasteiger partial charge in [-0.15, -0.1) is 6.58 Å². The van der Waals surface area contributed by atoms with Crippen LogP contribution in [0.25, 0.3) is 0 Å². The number of likely N-dealkylation sites (N-methyl/N-ethyl adjacent to an activating group) is 1. The fourth-order valence-corrected chi connectivity index (χ4v) is 6.42. The molecule has 1 fully saturated rings. The zero-order valence-corrected chi connectivity index (χ0v) is 16.1. The van der Waals surface area contributed by atoms with Crippen molar-refractivity contribution in [3.63, 3.8) is 0 Å². The number of methoxy groups -OCH3 is 1. The first-order valence-electron chi connectivity index (χ1n) is 9.69. The van der Waals surface area contributed by atoms with Crippen LogP contribution < -0.4 is 0 Å². The fourth-order valence-electron chi connectivity index (χ4n) is 6.42. The molecule has 138 valence electrons. The molecule has 0 aromatic heterocycles. The van der Waals surface area contributed by atoms with Gasteiger partial charge < -0.3 is 9.64 Å². The van der Waals surface area contributed by atoms with Crippen molar-refractivity contribution >= 4 is 5.91 Å². The van der Waals surface area contributed by atoms with Crippen molar-refractivity contribution in [2.75, 3.05) is 14.2 Å². The third-order valence-electron chi connectivity index (χ3n) is 7.43. The smallest absolute Gasteiger partial charge is 0.227 e. The van der Waals surface area contributed by atoms with Crippen LogP contribution in [0.1, 0.15) is 35.1 Å². The van der Waals surface area contributed by atoms with E-state index in [4.69, 9.17) is 4.74 Å². The van der Waals surface area contributed by atoms with E-state index in [1.54, 1.807) is 7.11 Å². The number of benzene rings is 2. The Bertz CT molecular complexity index is 901. The summed E-state index contributed by atoms with van der Waals surface area (Å²) >= 11 is 0. The maximum absolute atomic E-state index is 13.6. The summed E-state index contributed by atoms with van der Waals surface area (Å²) in [7, 11) is 3.68. The highest BCUT2D eigenvalue weighted by Gasteiger charge is 2.68. The predicted molar refractivity (Wildman–Crippen MR) is 106 cm³/mol. The van der Waals surface area contributed by atoms with Gasteiger partial charge in [-0.2, -0.15) is 0 Å². The molecule has 3 nitrogen and oxygen atoms in total. The number of hydrogen-bond acceptors (Lipinski definition) is 2. The van der Waals surface area contributed by atoms with Gasteiger partial charge >= 0.3 is 0 Å². The molecule has 1 aliphatic heterocycles. The third-order valence-corrected chi connectivity index (χ3v) is 7.43. The molecule has 2 aromatic rings. The molecule has 3 aliphatic carbocycles. The van der Waals surface area contributed by atoms with Crippen LogP contribution in [0.3, 0.4) is 0 Å². The Hall–Kier alpha value is -2.39. The second-order valence-electron chi connectivity index (χ2n) is 8.13. The standard InChI is InChI=1S/C24H25NO2/c1-5-19-21-20-15-10-6-8-12-17(15)24(14(2)27-4,22(21)23(26)25(19)3)18-13-9-7-11-16(18)20/h5-14,19-22H,1H2,2-4H3/t14?,19?,20?,21-,22+,24?/m0/s1. The molecule has 1 saturated heterocycles. The second-order valence-corrected chi connectivity index (χ2v) is 8.13. The lowest BCUT2D eigenvalue weighted by atomic mass is 9.45. The Morgan fingerprint density at radius 1 is 1.11 bits per heavy atom. The van der Waals surface area contributed by atoms with E-state index in [9.17, 15) is 4.79 Å². The average Bonchev–Trinajstić information content (AvgIpc) is 2.98. The zero-order valence-electron chi connectivity index (χ0n) is 16.1. The predicted octanol–water partition coefficient (Wildman–Crippen LogP) is 3.73. The number of hydrogen-bond donors (Lipinski definition) is 0. The van der Waals surface area contributed by atoms with Gasteiger partial charge in [0.25, 0.3) is 0 Å². The topological polar surface area (TPSA) is 29.5 Å². The van der Waals surface area contributed by atoms with Gasteiger partial charge in [-0.05, 0) is 29.2 Å². The molecule has 0 N–H and O–H groups in total. The summed E-state index contributed by atoms with van der Waals surface area (Å²) in [4.78, 5) is 15.5. The van der Waals surface area contributed by atoms with Crippen LogP contribution in [0.15, 0.2) is 61.2 Å². The van der Waals surface area contributed by atoms with Crippen LogP contribution in [0.5, 0.6) is 0 Å². The SMILES string of the molecule is C=CC1[C@H]2C3c4ccccc4C(C(C)OC)(c4ccccc43)[C@H]2C(=O)N1C. The highest BCUT2D eigenvalue weighted by Crippen LogP contribution is 2.66. The van der Waals surface area contributed by atoms with Gasteiger partial charge in [-0.25, -0.2) is 0 Å². The molecule has 2 bridgehead atoms. The van der Waals surface area contributed by atoms with Crippen LogP contribution in [0.4, 0.5) is 0 Å². The van der Waals surface area contributed by atoms with E-state index in [1.165, 1.54) is 22.3 Å². The van der Waals surface area contributed by atoms with Crippen LogP contribution in [0.2, 0.25) is 0 Å². The molecule has 2 aromatic carbocycles. The second kappa shape index (κ2) is 5.56. The van der Waals surface area contributed by atoms with E-state index in [1.807, 2.05) is 18.0 Å². The highest BCUT2D eigenvalue weighted by atomic mass is 16.5. The normalized spacial score (nSPS) is 34.0. The quantitative estimate of drug-likeness (QED) is 0.782. The van der Waals surface area contributed by atoms with Crippen molar-refractivity contribution in [1.82, 2.24) is 4.90 Å². The molecular formula is C24H25NO2. The number of nitrogens with zero attached hydrogens (tertiary/aromatic N) is 1. The number of amides is 1. The average molecular weight is 359 g/mol. The number of ether oxygens (including phenoxy) is 1. The van der Waals surface area contributed by atoms with Crippen molar-refractivity contribution in [3.05, 3.63) is 83.4 Å². The minimum absolute atomic E-state index is 0.0395. The van der Waals surface area contributed by atoms with E-state index in [0.29, 0.717) is 0 Å². The van der Waals surface area contributed by atoms with Crippen molar-refractivity contribution in [1.29, 1.82) is 0 Å². The van der Waals surface area contributed by atoms with Gasteiger partial charge in [-0.1, -0.05) is 54.6 Å². The van der Waals surface area contributed by atoms with Gasteiger partial charge in [0.05, 0.1) is 23.5 Å². The van der Waals surface area contributed by atoms with E-state index < -0.39 is 5.41 Å². The van der Waals surface area contributed by atoms with Crippen LogP contribution >= 0.6 is 0 Å². The molecule has 4 atom stereocenters. The van der Waals surface area contributed by atoms with Gasteiger partial charge in [0.1, 0.15) is 0 Å². The largest absolute Gasteiger partial charge is 0.380 e. The summed E-state index contributed by atoms with van der Waals surface area (Å²) in [5.74, 6) is 0.477. The van der Waals surface area contributed by atoms with Crippen LogP contribution in [0, 0.1) is 11.8 Å². The molecule has 3 heteroatoms. The monoisotopic (exact) mass is 359 g/mol. The summed E-state index contributed by atoms with van der Waals surface area (Å²) in [5.41, 5.74) is 4.74. The first-order valence-corrected chi connectivity index (χ1v) is 9.69. The van der Waals surface area contributed by atoms with Crippen LogP contribution in [-0.4, -0.2) is 37.1 Å². The number of likely N-dealkylation sites (tertiary alicyclic amines) is 1. The van der Waals surface area contributed by atoms with Gasteiger partial charge in [-0.3, -0.25) is 4.79 Å². The Balaban J connectivity index is 1.93. The molecule has 4 aliphatic rings. The summed E-state index contributed by atoms with van der Waals surface area (Å²) < 4.78 is 5.99. The summed E-state index contributed by atoms with van der Waals surface area (Å²) in [6.45, 7) is 6.19. The third kappa shape index (κ3) is 1.74. The molecule has 0 spiro atoms. The Morgan fingerprint density at radius 2 is 1.67 bits per heavy atom. The summed E-state index contributed by atoms with van der Waals surface area (Å²) in [6.07, 6.45) is 1.84. The van der Waals surface area contributed by atoms with Crippen molar-refractivity contribution < 1.29 is 9.53 Å².